The van der Waals surface area contributed by atoms with E-state index in [-0.39, 0.29) is 18.8 Å². The fourth-order valence-electron chi connectivity index (χ4n) is 3.27. The van der Waals surface area contributed by atoms with Gasteiger partial charge in [-0.2, -0.15) is 5.10 Å². The maximum atomic E-state index is 13.8. The molecule has 1 aromatic heterocycles. The van der Waals surface area contributed by atoms with Gasteiger partial charge in [-0.3, -0.25) is 14.7 Å². The molecule has 28 heavy (non-hydrogen) atoms. The van der Waals surface area contributed by atoms with Crippen LogP contribution in [0.2, 0.25) is 0 Å². The van der Waals surface area contributed by atoms with Crippen LogP contribution in [0.1, 0.15) is 49.0 Å². The maximum Gasteiger partial charge on any atom is 0.271 e. The lowest BCUT2D eigenvalue weighted by atomic mass is 10.0. The molecular formula is C19H25F2N5O2. The van der Waals surface area contributed by atoms with Crippen molar-refractivity contribution in [3.05, 3.63) is 47.3 Å². The number of aromatic nitrogens is 2. The molecule has 2 heterocycles. The summed E-state index contributed by atoms with van der Waals surface area (Å²) in [5, 5.41) is 11.6. The highest BCUT2D eigenvalue weighted by atomic mass is 19.1. The van der Waals surface area contributed by atoms with Crippen molar-refractivity contribution in [1.29, 1.82) is 0 Å². The van der Waals surface area contributed by atoms with Gasteiger partial charge in [0.1, 0.15) is 22.9 Å². The Hall–Kier alpha value is -2.81. The van der Waals surface area contributed by atoms with E-state index in [4.69, 9.17) is 0 Å². The first-order valence-electron chi connectivity index (χ1n) is 9.20. The molecule has 2 aromatic rings. The van der Waals surface area contributed by atoms with Crippen LogP contribution in [0.4, 0.5) is 14.5 Å². The average Bonchev–Trinajstić information content (AvgIpc) is 3.10. The quantitative estimate of drug-likeness (QED) is 0.729. The molecule has 0 aliphatic carbocycles. The van der Waals surface area contributed by atoms with Gasteiger partial charge in [-0.1, -0.05) is 6.07 Å². The molecule has 0 atom stereocenters. The minimum Gasteiger partial charge on any atom is -0.348 e. The molecule has 0 bridgehead atoms. The third-order valence-electron chi connectivity index (χ3n) is 4.90. The number of likely N-dealkylation sites (tertiary alicyclic amines) is 1. The van der Waals surface area contributed by atoms with Gasteiger partial charge in [0.15, 0.2) is 0 Å². The SMILES string of the molecule is CC(C)N1CCC(NC(=O)c2[nH]ncc2NC(=O)c2c(F)cccc2F)CC1.[HH]. The molecule has 3 rings (SSSR count). The maximum absolute atomic E-state index is 13.8. The first-order chi connectivity index (χ1) is 13.4. The summed E-state index contributed by atoms with van der Waals surface area (Å²) in [5.74, 6) is -3.38. The van der Waals surface area contributed by atoms with Crippen molar-refractivity contribution < 1.29 is 19.8 Å². The molecule has 152 valence electrons. The van der Waals surface area contributed by atoms with Crippen LogP contribution >= 0.6 is 0 Å². The minimum absolute atomic E-state index is 0. The van der Waals surface area contributed by atoms with Crippen molar-refractivity contribution in [2.75, 3.05) is 18.4 Å². The van der Waals surface area contributed by atoms with E-state index in [9.17, 15) is 18.4 Å². The Kier molecular flexibility index (Phi) is 6.03. The van der Waals surface area contributed by atoms with Crippen molar-refractivity contribution >= 4 is 17.5 Å². The average molecular weight is 393 g/mol. The van der Waals surface area contributed by atoms with Crippen LogP contribution in [0.5, 0.6) is 0 Å². The lowest BCUT2D eigenvalue weighted by Crippen LogP contribution is -2.46. The zero-order valence-corrected chi connectivity index (χ0v) is 15.8. The van der Waals surface area contributed by atoms with Crippen molar-refractivity contribution in [2.45, 2.75) is 38.8 Å². The molecule has 1 aromatic carbocycles. The second-order valence-electron chi connectivity index (χ2n) is 7.09. The van der Waals surface area contributed by atoms with Crippen LogP contribution in [-0.2, 0) is 0 Å². The van der Waals surface area contributed by atoms with Crippen LogP contribution in [-0.4, -0.2) is 52.1 Å². The summed E-state index contributed by atoms with van der Waals surface area (Å²) in [6.07, 6.45) is 2.87. The summed E-state index contributed by atoms with van der Waals surface area (Å²) in [6, 6.07) is 3.63. The number of halogens is 2. The third-order valence-corrected chi connectivity index (χ3v) is 4.90. The second kappa shape index (κ2) is 8.47. The normalized spacial score (nSPS) is 15.6. The highest BCUT2D eigenvalue weighted by Crippen LogP contribution is 2.18. The van der Waals surface area contributed by atoms with E-state index in [2.05, 4.69) is 39.6 Å². The molecule has 0 unspecified atom stereocenters. The number of carbonyl (C=O) groups is 2. The van der Waals surface area contributed by atoms with Gasteiger partial charge in [-0.05, 0) is 38.8 Å². The van der Waals surface area contributed by atoms with Crippen LogP contribution < -0.4 is 10.6 Å². The van der Waals surface area contributed by atoms with E-state index >= 15 is 0 Å². The lowest BCUT2D eigenvalue weighted by Gasteiger charge is -2.34. The van der Waals surface area contributed by atoms with Crippen molar-refractivity contribution in [3.8, 4) is 0 Å². The second-order valence-corrected chi connectivity index (χ2v) is 7.09. The number of amides is 2. The van der Waals surface area contributed by atoms with Gasteiger partial charge in [-0.15, -0.1) is 0 Å². The minimum atomic E-state index is -0.990. The number of hydrogen-bond acceptors (Lipinski definition) is 4. The van der Waals surface area contributed by atoms with Gasteiger partial charge in [0, 0.05) is 26.6 Å². The van der Waals surface area contributed by atoms with Gasteiger partial charge in [0.25, 0.3) is 11.8 Å². The number of rotatable bonds is 5. The molecule has 7 nitrogen and oxygen atoms in total. The fraction of sp³-hybridized carbons (Fsp3) is 0.421. The zero-order valence-electron chi connectivity index (χ0n) is 15.8. The molecule has 1 aliphatic heterocycles. The van der Waals surface area contributed by atoms with Crippen LogP contribution in [0.15, 0.2) is 24.4 Å². The summed E-state index contributed by atoms with van der Waals surface area (Å²) < 4.78 is 27.6. The Labute approximate surface area is 163 Å². The third kappa shape index (κ3) is 4.36. The first kappa shape index (κ1) is 19.9. The Morgan fingerprint density at radius 3 is 2.46 bits per heavy atom. The molecule has 0 radical (unpaired) electrons. The van der Waals surface area contributed by atoms with Gasteiger partial charge in [0.05, 0.1) is 11.9 Å². The molecular weight excluding hydrogens is 368 g/mol. The van der Waals surface area contributed by atoms with Gasteiger partial charge >= 0.3 is 0 Å². The number of carbonyl (C=O) groups excluding carboxylic acids is 2. The number of piperidine rings is 1. The summed E-state index contributed by atoms with van der Waals surface area (Å²) in [4.78, 5) is 27.2. The molecule has 1 aliphatic rings. The van der Waals surface area contributed by atoms with Gasteiger partial charge in [-0.25, -0.2) is 8.78 Å². The molecule has 3 N–H and O–H groups in total. The molecule has 0 saturated carbocycles. The zero-order chi connectivity index (χ0) is 20.3. The Bertz CT molecular complexity index is 846. The van der Waals surface area contributed by atoms with Crippen molar-refractivity contribution in [2.24, 2.45) is 0 Å². The highest BCUT2D eigenvalue weighted by molar-refractivity contribution is 6.08. The first-order valence-corrected chi connectivity index (χ1v) is 9.20. The van der Waals surface area contributed by atoms with Crippen LogP contribution in [0.3, 0.4) is 0 Å². The fourth-order valence-corrected chi connectivity index (χ4v) is 3.27. The predicted octanol–water partition coefficient (Wildman–Crippen LogP) is 2.79. The van der Waals surface area contributed by atoms with E-state index in [1.54, 1.807) is 0 Å². The number of hydrogen-bond donors (Lipinski definition) is 3. The number of H-pyrrole nitrogens is 1. The number of benzene rings is 1. The standard InChI is InChI=1S/C19H23F2N5O2.H2/c1-11(2)26-8-6-12(7-9-26)23-19(28)17-15(10-22-25-17)24-18(27)16-13(20)4-3-5-14(16)21;/h3-5,10-12H,6-9H2,1-2H3,(H,22,25)(H,23,28)(H,24,27);1H. The topological polar surface area (TPSA) is 90.1 Å². The van der Waals surface area contributed by atoms with E-state index in [1.807, 2.05) is 0 Å². The number of nitrogens with one attached hydrogen (secondary N) is 3. The lowest BCUT2D eigenvalue weighted by molar-refractivity contribution is 0.0896. The van der Waals surface area contributed by atoms with Gasteiger partial charge < -0.3 is 15.5 Å². The van der Waals surface area contributed by atoms with E-state index in [1.165, 1.54) is 12.3 Å². The highest BCUT2D eigenvalue weighted by Gasteiger charge is 2.25. The van der Waals surface area contributed by atoms with Gasteiger partial charge in [0.2, 0.25) is 0 Å². The summed E-state index contributed by atoms with van der Waals surface area (Å²) >= 11 is 0. The van der Waals surface area contributed by atoms with Crippen molar-refractivity contribution in [3.63, 3.8) is 0 Å². The van der Waals surface area contributed by atoms with E-state index < -0.39 is 29.0 Å². The molecule has 0 spiro atoms. The predicted molar refractivity (Wildman–Crippen MR) is 102 cm³/mol. The smallest absolute Gasteiger partial charge is 0.271 e. The summed E-state index contributed by atoms with van der Waals surface area (Å²) in [7, 11) is 0. The van der Waals surface area contributed by atoms with E-state index in [0.717, 1.165) is 38.1 Å². The molecule has 2 amide bonds. The number of aromatic amines is 1. The number of anilines is 1. The molecule has 1 saturated heterocycles. The molecule has 9 heteroatoms. The Morgan fingerprint density at radius 1 is 1.21 bits per heavy atom. The van der Waals surface area contributed by atoms with Crippen molar-refractivity contribution in [1.82, 2.24) is 20.4 Å². The van der Waals surface area contributed by atoms with E-state index in [0.29, 0.717) is 6.04 Å². The van der Waals surface area contributed by atoms with Crippen LogP contribution in [0.25, 0.3) is 0 Å². The Balaban J connectivity index is 0.00000300. The monoisotopic (exact) mass is 393 g/mol. The summed E-state index contributed by atoms with van der Waals surface area (Å²) in [5.41, 5.74) is -0.614. The Morgan fingerprint density at radius 2 is 1.86 bits per heavy atom. The molecule has 1 fully saturated rings. The largest absolute Gasteiger partial charge is 0.348 e. The summed E-state index contributed by atoms with van der Waals surface area (Å²) in [6.45, 7) is 6.05. The number of nitrogens with zero attached hydrogens (tertiary/aromatic N) is 2. The van der Waals surface area contributed by atoms with Crippen LogP contribution in [0, 0.1) is 11.6 Å².